The summed E-state index contributed by atoms with van der Waals surface area (Å²) in [5.74, 6) is 1.33. The molecule has 2 aliphatic rings. The predicted molar refractivity (Wildman–Crippen MR) is 145 cm³/mol. The molecule has 5 nitrogen and oxygen atoms in total. The van der Waals surface area contributed by atoms with E-state index < -0.39 is 0 Å². The Morgan fingerprint density at radius 1 is 1.06 bits per heavy atom. The van der Waals surface area contributed by atoms with Crippen LogP contribution in [0.5, 0.6) is 0 Å². The van der Waals surface area contributed by atoms with Crippen LogP contribution in [0.25, 0.3) is 0 Å². The number of nitrogens with one attached hydrogen (secondary N) is 1. The van der Waals surface area contributed by atoms with Gasteiger partial charge in [-0.25, -0.2) is 0 Å². The van der Waals surface area contributed by atoms with Crippen LogP contribution in [-0.2, 0) is 7.05 Å². The number of benzene rings is 1. The quantitative estimate of drug-likeness (QED) is 0.448. The number of aryl methyl sites for hydroxylation is 1. The average Bonchev–Trinajstić information content (AvgIpc) is 3.32. The van der Waals surface area contributed by atoms with Crippen molar-refractivity contribution in [2.75, 3.05) is 22.9 Å². The highest BCUT2D eigenvalue weighted by molar-refractivity contribution is 7.80. The Bertz CT molecular complexity index is 1180. The van der Waals surface area contributed by atoms with E-state index in [0.29, 0.717) is 16.9 Å². The molecule has 1 aromatic carbocycles. The molecule has 2 saturated heterocycles. The van der Waals surface area contributed by atoms with E-state index in [9.17, 15) is 0 Å². The number of aromatic nitrogens is 2. The molecular weight excluding hydrogens is 462 g/mol. The Hall–Kier alpha value is -2.57. The van der Waals surface area contributed by atoms with Crippen molar-refractivity contribution < 1.29 is 0 Å². The maximum Gasteiger partial charge on any atom is 0.174 e. The number of nitrogens with zero attached hydrogens (tertiary/aromatic N) is 4. The first-order chi connectivity index (χ1) is 16.3. The van der Waals surface area contributed by atoms with Gasteiger partial charge < -0.3 is 19.7 Å². The number of pyridine rings is 1. The monoisotopic (exact) mass is 493 g/mol. The smallest absolute Gasteiger partial charge is 0.174 e. The van der Waals surface area contributed by atoms with Gasteiger partial charge in [-0.15, -0.1) is 0 Å². The third-order valence-corrected chi connectivity index (χ3v) is 7.85. The minimum Gasteiger partial charge on any atom is -0.370 e. The van der Waals surface area contributed by atoms with Gasteiger partial charge >= 0.3 is 0 Å². The lowest BCUT2D eigenvalue weighted by Gasteiger charge is -2.37. The maximum atomic E-state index is 6.92. The summed E-state index contributed by atoms with van der Waals surface area (Å²) in [4.78, 5) is 9.28. The molecule has 7 heteroatoms. The van der Waals surface area contributed by atoms with Gasteiger partial charge in [-0.2, -0.15) is 0 Å². The summed E-state index contributed by atoms with van der Waals surface area (Å²) in [6.45, 7) is 8.85. The van der Waals surface area contributed by atoms with Crippen LogP contribution in [0.1, 0.15) is 49.4 Å². The number of rotatable bonds is 4. The van der Waals surface area contributed by atoms with Gasteiger partial charge in [0.1, 0.15) is 6.04 Å². The Morgan fingerprint density at radius 2 is 1.82 bits per heavy atom. The van der Waals surface area contributed by atoms with Crippen LogP contribution in [0.3, 0.4) is 0 Å². The van der Waals surface area contributed by atoms with Crippen molar-refractivity contribution in [1.82, 2.24) is 14.9 Å². The van der Waals surface area contributed by atoms with E-state index in [1.54, 1.807) is 0 Å². The molecule has 0 radical (unpaired) electrons. The number of halogens is 1. The number of piperidine rings is 1. The summed E-state index contributed by atoms with van der Waals surface area (Å²) >= 11 is 12.8. The number of hydrogen-bond acceptors (Lipinski definition) is 3. The summed E-state index contributed by atoms with van der Waals surface area (Å²) in [5, 5.41) is 4.99. The van der Waals surface area contributed by atoms with Crippen molar-refractivity contribution in [3.63, 3.8) is 0 Å². The zero-order valence-corrected chi connectivity index (χ0v) is 21.8. The van der Waals surface area contributed by atoms with Gasteiger partial charge in [0, 0.05) is 43.4 Å². The summed E-state index contributed by atoms with van der Waals surface area (Å²) in [7, 11) is 2.11. The average molecular weight is 494 g/mol. The minimum absolute atomic E-state index is 0.0435. The number of anilines is 2. The van der Waals surface area contributed by atoms with E-state index in [-0.39, 0.29) is 12.1 Å². The standard InChI is InChI=1S/C27H32ClN5S/c1-17-13-18(2)16-32(15-17)23-11-9-20(14-21(23)28)33-26(24-10-8-19(3)31(24)4)25(30-27(33)34)22-7-5-6-12-29-22/h5-12,14,17-18,25-26H,13,15-16H2,1-4H3,(H,30,34)/t17-,18+,25-,26+/m0/s1. The molecule has 2 fully saturated rings. The van der Waals surface area contributed by atoms with E-state index >= 15 is 0 Å². The molecular formula is C27H32ClN5S. The fourth-order valence-corrected chi connectivity index (χ4v) is 6.27. The Balaban J connectivity index is 1.54. The molecule has 4 atom stereocenters. The highest BCUT2D eigenvalue weighted by Crippen LogP contribution is 2.43. The first kappa shape index (κ1) is 23.2. The fourth-order valence-electron chi connectivity index (χ4n) is 5.63. The largest absolute Gasteiger partial charge is 0.370 e. The summed E-state index contributed by atoms with van der Waals surface area (Å²) in [5.41, 5.74) is 5.45. The summed E-state index contributed by atoms with van der Waals surface area (Å²) < 4.78 is 2.23. The van der Waals surface area contributed by atoms with Crippen LogP contribution in [-0.4, -0.2) is 27.8 Å². The molecule has 0 unspecified atom stereocenters. The topological polar surface area (TPSA) is 36.3 Å². The molecule has 1 N–H and O–H groups in total. The molecule has 178 valence electrons. The minimum atomic E-state index is -0.0658. The third-order valence-electron chi connectivity index (χ3n) is 7.23. The normalized spacial score (nSPS) is 25.0. The zero-order valence-electron chi connectivity index (χ0n) is 20.2. The second kappa shape index (κ2) is 9.23. The highest BCUT2D eigenvalue weighted by atomic mass is 35.5. The highest BCUT2D eigenvalue weighted by Gasteiger charge is 2.42. The van der Waals surface area contributed by atoms with Gasteiger partial charge in [-0.3, -0.25) is 4.98 Å². The van der Waals surface area contributed by atoms with E-state index in [1.807, 2.05) is 18.3 Å². The van der Waals surface area contributed by atoms with Crippen LogP contribution in [0.2, 0.25) is 5.02 Å². The van der Waals surface area contributed by atoms with Gasteiger partial charge in [0.2, 0.25) is 0 Å². The number of thiocarbonyl (C=S) groups is 1. The summed E-state index contributed by atoms with van der Waals surface area (Å²) in [6.07, 6.45) is 3.11. The molecule has 0 bridgehead atoms. The van der Waals surface area contributed by atoms with Gasteiger partial charge in [-0.1, -0.05) is 31.5 Å². The van der Waals surface area contributed by atoms with E-state index in [1.165, 1.54) is 17.8 Å². The van der Waals surface area contributed by atoms with Crippen LogP contribution in [0.15, 0.2) is 54.7 Å². The van der Waals surface area contributed by atoms with Crippen molar-refractivity contribution in [3.05, 3.63) is 76.8 Å². The van der Waals surface area contributed by atoms with Gasteiger partial charge in [0.15, 0.2) is 5.11 Å². The van der Waals surface area contributed by atoms with Crippen molar-refractivity contribution >= 4 is 40.3 Å². The van der Waals surface area contributed by atoms with Crippen molar-refractivity contribution in [2.45, 2.75) is 39.3 Å². The van der Waals surface area contributed by atoms with Crippen molar-refractivity contribution in [3.8, 4) is 0 Å². The Labute approximate surface area is 212 Å². The van der Waals surface area contributed by atoms with E-state index in [2.05, 4.69) is 88.9 Å². The first-order valence-electron chi connectivity index (χ1n) is 12.0. The summed E-state index contributed by atoms with van der Waals surface area (Å²) in [6, 6.07) is 16.6. The number of hydrogen-bond donors (Lipinski definition) is 1. The fraction of sp³-hybridized carbons (Fsp3) is 0.407. The molecule has 2 aliphatic heterocycles. The lowest BCUT2D eigenvalue weighted by atomic mass is 9.91. The maximum absolute atomic E-state index is 6.92. The molecule has 34 heavy (non-hydrogen) atoms. The van der Waals surface area contributed by atoms with Gasteiger partial charge in [0.05, 0.1) is 22.4 Å². The van der Waals surface area contributed by atoms with Crippen molar-refractivity contribution in [2.24, 2.45) is 18.9 Å². The molecule has 4 heterocycles. The second-order valence-corrected chi connectivity index (χ2v) is 10.7. The first-order valence-corrected chi connectivity index (χ1v) is 12.8. The lowest BCUT2D eigenvalue weighted by molar-refractivity contribution is 0.357. The van der Waals surface area contributed by atoms with Crippen LogP contribution in [0.4, 0.5) is 11.4 Å². The van der Waals surface area contributed by atoms with Crippen LogP contribution in [0, 0.1) is 18.8 Å². The van der Waals surface area contributed by atoms with E-state index in [4.69, 9.17) is 23.8 Å². The molecule has 2 aromatic heterocycles. The molecule has 0 spiro atoms. The Kier molecular flexibility index (Phi) is 6.30. The molecule has 5 rings (SSSR count). The molecule has 0 amide bonds. The Morgan fingerprint density at radius 3 is 2.44 bits per heavy atom. The predicted octanol–water partition coefficient (Wildman–Crippen LogP) is 6.04. The molecule has 0 aliphatic carbocycles. The van der Waals surface area contributed by atoms with E-state index in [0.717, 1.165) is 35.2 Å². The third kappa shape index (κ3) is 4.18. The second-order valence-electron chi connectivity index (χ2n) is 9.94. The zero-order chi connectivity index (χ0) is 24.0. The molecule has 0 saturated carbocycles. The van der Waals surface area contributed by atoms with Gasteiger partial charge in [0.25, 0.3) is 0 Å². The van der Waals surface area contributed by atoms with Crippen molar-refractivity contribution in [1.29, 1.82) is 0 Å². The van der Waals surface area contributed by atoms with Crippen LogP contribution < -0.4 is 15.1 Å². The van der Waals surface area contributed by atoms with Gasteiger partial charge in [-0.05, 0) is 79.9 Å². The molecule has 3 aromatic rings. The lowest BCUT2D eigenvalue weighted by Crippen LogP contribution is -2.38. The van der Waals surface area contributed by atoms with Crippen LogP contribution >= 0.6 is 23.8 Å². The SMILES string of the molecule is Cc1ccc([C@@H]2[C@H](c3ccccn3)NC(=S)N2c2ccc(N3C[C@H](C)C[C@H](C)C3)c(Cl)c2)n1C.